The summed E-state index contributed by atoms with van der Waals surface area (Å²) in [6, 6.07) is 0. The van der Waals surface area contributed by atoms with Crippen molar-refractivity contribution in [2.24, 2.45) is 23.2 Å². The Hall–Kier alpha value is -0.330. The second-order valence-electron chi connectivity index (χ2n) is 5.18. The molecule has 0 aromatic heterocycles. The lowest BCUT2D eigenvalue weighted by atomic mass is 9.67. The topological polar surface area (TPSA) is 17.1 Å². The molecule has 1 unspecified atom stereocenters. The Labute approximate surface area is 74.5 Å². The summed E-state index contributed by atoms with van der Waals surface area (Å²) in [7, 11) is 0. The zero-order valence-electron chi connectivity index (χ0n) is 8.26. The van der Waals surface area contributed by atoms with Crippen molar-refractivity contribution < 1.29 is 4.79 Å². The molecule has 3 atom stereocenters. The quantitative estimate of drug-likeness (QED) is 0.585. The summed E-state index contributed by atoms with van der Waals surface area (Å²) < 4.78 is 0. The second kappa shape index (κ2) is 2.34. The minimum atomic E-state index is 0.300. The van der Waals surface area contributed by atoms with E-state index in [-0.39, 0.29) is 0 Å². The third-order valence-electron chi connectivity index (χ3n) is 4.24. The molecule has 1 heteroatoms. The summed E-state index contributed by atoms with van der Waals surface area (Å²) in [5, 5.41) is 0. The van der Waals surface area contributed by atoms with Gasteiger partial charge in [0.05, 0.1) is 0 Å². The average Bonchev–Trinajstić information content (AvgIpc) is 2.41. The summed E-state index contributed by atoms with van der Waals surface area (Å²) in [5.41, 5.74) is 0.300. The van der Waals surface area contributed by atoms with Gasteiger partial charge >= 0.3 is 0 Å². The predicted molar refractivity (Wildman–Crippen MR) is 48.8 cm³/mol. The first-order chi connectivity index (χ1) is 5.53. The van der Waals surface area contributed by atoms with Gasteiger partial charge in [0.2, 0.25) is 0 Å². The van der Waals surface area contributed by atoms with E-state index in [1.165, 1.54) is 19.3 Å². The highest BCUT2D eigenvalue weighted by atomic mass is 16.1. The van der Waals surface area contributed by atoms with Crippen LogP contribution in [0.5, 0.6) is 0 Å². The van der Waals surface area contributed by atoms with Crippen LogP contribution < -0.4 is 0 Å². The fraction of sp³-hybridized carbons (Fsp3) is 0.909. The molecule has 0 spiro atoms. The van der Waals surface area contributed by atoms with Crippen molar-refractivity contribution in [3.05, 3.63) is 0 Å². The SMILES string of the molecule is CC(=O)C1[C@H]2CC[C@H](C2)C1(C)C. The van der Waals surface area contributed by atoms with Gasteiger partial charge in [-0.05, 0) is 43.4 Å². The Balaban J connectivity index is 2.29. The smallest absolute Gasteiger partial charge is 0.133 e. The van der Waals surface area contributed by atoms with Crippen LogP contribution in [0.25, 0.3) is 0 Å². The monoisotopic (exact) mass is 166 g/mol. The number of rotatable bonds is 1. The first-order valence-electron chi connectivity index (χ1n) is 5.04. The third-order valence-corrected chi connectivity index (χ3v) is 4.24. The number of fused-ring (bicyclic) bond motifs is 2. The highest BCUT2D eigenvalue weighted by Crippen LogP contribution is 2.59. The van der Waals surface area contributed by atoms with E-state index in [4.69, 9.17) is 0 Å². The number of hydrogen-bond donors (Lipinski definition) is 0. The first-order valence-corrected chi connectivity index (χ1v) is 5.04. The number of carbonyl (C=O) groups excluding carboxylic acids is 1. The average molecular weight is 166 g/mol. The Morgan fingerprint density at radius 2 is 2.00 bits per heavy atom. The minimum Gasteiger partial charge on any atom is -0.300 e. The summed E-state index contributed by atoms with van der Waals surface area (Å²) >= 11 is 0. The van der Waals surface area contributed by atoms with Gasteiger partial charge in [-0.1, -0.05) is 13.8 Å². The van der Waals surface area contributed by atoms with Crippen molar-refractivity contribution in [3.63, 3.8) is 0 Å². The maximum atomic E-state index is 11.5. The van der Waals surface area contributed by atoms with Crippen LogP contribution in [-0.4, -0.2) is 5.78 Å². The maximum absolute atomic E-state index is 11.5. The summed E-state index contributed by atoms with van der Waals surface area (Å²) in [5.74, 6) is 2.35. The van der Waals surface area contributed by atoms with Gasteiger partial charge < -0.3 is 0 Å². The molecule has 0 aliphatic heterocycles. The molecule has 0 heterocycles. The van der Waals surface area contributed by atoms with Crippen molar-refractivity contribution in [2.75, 3.05) is 0 Å². The fourth-order valence-corrected chi connectivity index (χ4v) is 3.71. The molecular formula is C11H18O. The lowest BCUT2D eigenvalue weighted by molar-refractivity contribution is -0.126. The van der Waals surface area contributed by atoms with Gasteiger partial charge in [0.25, 0.3) is 0 Å². The molecule has 0 N–H and O–H groups in total. The molecule has 0 aromatic carbocycles. The molecule has 2 rings (SSSR count). The molecule has 2 fully saturated rings. The zero-order chi connectivity index (χ0) is 8.93. The highest BCUT2D eigenvalue weighted by Gasteiger charge is 2.54. The van der Waals surface area contributed by atoms with E-state index in [1.807, 2.05) is 0 Å². The van der Waals surface area contributed by atoms with Gasteiger partial charge in [-0.3, -0.25) is 4.79 Å². The lowest BCUT2D eigenvalue weighted by Gasteiger charge is -2.36. The molecule has 1 nitrogen and oxygen atoms in total. The van der Waals surface area contributed by atoms with E-state index < -0.39 is 0 Å². The van der Waals surface area contributed by atoms with Crippen molar-refractivity contribution in [3.8, 4) is 0 Å². The van der Waals surface area contributed by atoms with E-state index in [1.54, 1.807) is 6.92 Å². The predicted octanol–water partition coefficient (Wildman–Crippen LogP) is 2.65. The molecule has 2 aliphatic carbocycles. The normalized spacial score (nSPS) is 43.4. The minimum absolute atomic E-state index is 0.300. The van der Waals surface area contributed by atoms with E-state index in [2.05, 4.69) is 13.8 Å². The van der Waals surface area contributed by atoms with Crippen LogP contribution in [0, 0.1) is 23.2 Å². The van der Waals surface area contributed by atoms with Crippen molar-refractivity contribution in [1.29, 1.82) is 0 Å². The molecule has 0 radical (unpaired) electrons. The first kappa shape index (κ1) is 8.28. The number of carbonyl (C=O) groups is 1. The van der Waals surface area contributed by atoms with Gasteiger partial charge in [-0.15, -0.1) is 0 Å². The van der Waals surface area contributed by atoms with Crippen LogP contribution in [0.15, 0.2) is 0 Å². The lowest BCUT2D eigenvalue weighted by Crippen LogP contribution is -2.35. The molecule has 2 saturated carbocycles. The molecule has 2 aliphatic rings. The van der Waals surface area contributed by atoms with Gasteiger partial charge in [0, 0.05) is 5.92 Å². The Morgan fingerprint density at radius 3 is 2.33 bits per heavy atom. The third kappa shape index (κ3) is 0.884. The number of ketones is 1. The summed E-state index contributed by atoms with van der Waals surface area (Å²) in [6.07, 6.45) is 3.98. The second-order valence-corrected chi connectivity index (χ2v) is 5.18. The Bertz CT molecular complexity index is 217. The van der Waals surface area contributed by atoms with E-state index in [9.17, 15) is 4.79 Å². The largest absolute Gasteiger partial charge is 0.300 e. The Kier molecular flexibility index (Phi) is 1.61. The molecule has 68 valence electrons. The molecule has 0 amide bonds. The molecule has 0 saturated heterocycles. The number of Topliss-reactive ketones (excluding diaryl/α,β-unsaturated/α-hetero) is 1. The van der Waals surface area contributed by atoms with E-state index in [0.717, 1.165) is 11.8 Å². The zero-order valence-corrected chi connectivity index (χ0v) is 8.26. The van der Waals surface area contributed by atoms with Gasteiger partial charge in [0.1, 0.15) is 5.78 Å². The molecule has 2 bridgehead atoms. The Morgan fingerprint density at radius 1 is 1.33 bits per heavy atom. The van der Waals surface area contributed by atoms with Crippen molar-refractivity contribution in [2.45, 2.75) is 40.0 Å². The van der Waals surface area contributed by atoms with Crippen LogP contribution in [0.1, 0.15) is 40.0 Å². The van der Waals surface area contributed by atoms with Gasteiger partial charge in [-0.2, -0.15) is 0 Å². The van der Waals surface area contributed by atoms with E-state index >= 15 is 0 Å². The molecule has 0 aromatic rings. The van der Waals surface area contributed by atoms with E-state index in [0.29, 0.717) is 17.1 Å². The standard InChI is InChI=1S/C11H18O/c1-7(12)10-8-4-5-9(6-8)11(10,2)3/h8-10H,4-6H2,1-3H3/t8-,9+,10?/m0/s1. The molecular weight excluding hydrogens is 148 g/mol. The molecule has 12 heavy (non-hydrogen) atoms. The van der Waals surface area contributed by atoms with Crippen LogP contribution >= 0.6 is 0 Å². The summed E-state index contributed by atoms with van der Waals surface area (Å²) in [6.45, 7) is 6.33. The summed E-state index contributed by atoms with van der Waals surface area (Å²) in [4.78, 5) is 11.5. The van der Waals surface area contributed by atoms with Gasteiger partial charge in [0.15, 0.2) is 0 Å². The van der Waals surface area contributed by atoms with Crippen LogP contribution in [0.3, 0.4) is 0 Å². The van der Waals surface area contributed by atoms with Gasteiger partial charge in [-0.25, -0.2) is 0 Å². The van der Waals surface area contributed by atoms with Crippen LogP contribution in [0.2, 0.25) is 0 Å². The van der Waals surface area contributed by atoms with Crippen molar-refractivity contribution in [1.82, 2.24) is 0 Å². The fourth-order valence-electron chi connectivity index (χ4n) is 3.71. The van der Waals surface area contributed by atoms with Crippen LogP contribution in [-0.2, 0) is 4.79 Å². The number of hydrogen-bond acceptors (Lipinski definition) is 1. The maximum Gasteiger partial charge on any atom is 0.133 e. The van der Waals surface area contributed by atoms with Crippen LogP contribution in [0.4, 0.5) is 0 Å². The van der Waals surface area contributed by atoms with Crippen molar-refractivity contribution >= 4 is 5.78 Å². The highest BCUT2D eigenvalue weighted by molar-refractivity contribution is 5.80.